The standard InChI is InChI=1S/C13H21NO2/c1-10-3-11(2)5-12(4-10,9(14)15)8-13(16,6-10)7-11/h16H,3-8H2,1-2H3,(H2,14,15). The second-order valence-corrected chi connectivity index (χ2v) is 7.55. The molecule has 0 radical (unpaired) electrons. The van der Waals surface area contributed by atoms with Crippen LogP contribution < -0.4 is 5.73 Å². The van der Waals surface area contributed by atoms with Crippen molar-refractivity contribution >= 4 is 5.91 Å². The van der Waals surface area contributed by atoms with Gasteiger partial charge in [-0.25, -0.2) is 0 Å². The summed E-state index contributed by atoms with van der Waals surface area (Å²) in [6, 6.07) is 0. The SMILES string of the molecule is CC12CC3(C)CC(O)(C1)CC(C(N)=O)(C2)C3. The molecular formula is C13H21NO2. The Morgan fingerprint density at radius 1 is 1.00 bits per heavy atom. The normalized spacial score (nSPS) is 58.9. The van der Waals surface area contributed by atoms with E-state index in [1.54, 1.807) is 0 Å². The van der Waals surface area contributed by atoms with Crippen molar-refractivity contribution in [1.29, 1.82) is 0 Å². The molecule has 3 heteroatoms. The molecule has 2 unspecified atom stereocenters. The Hall–Kier alpha value is -0.570. The molecule has 0 saturated heterocycles. The first-order valence-electron chi connectivity index (χ1n) is 6.21. The van der Waals surface area contributed by atoms with Crippen LogP contribution in [0.25, 0.3) is 0 Å². The maximum atomic E-state index is 11.8. The van der Waals surface area contributed by atoms with Gasteiger partial charge < -0.3 is 10.8 Å². The van der Waals surface area contributed by atoms with E-state index < -0.39 is 11.0 Å². The predicted molar refractivity (Wildman–Crippen MR) is 60.5 cm³/mol. The fourth-order valence-electron chi connectivity index (χ4n) is 5.89. The van der Waals surface area contributed by atoms with Gasteiger partial charge in [0.15, 0.2) is 0 Å². The van der Waals surface area contributed by atoms with Crippen LogP contribution in [0, 0.1) is 16.2 Å². The molecule has 0 aliphatic heterocycles. The number of hydrogen-bond acceptors (Lipinski definition) is 2. The summed E-state index contributed by atoms with van der Waals surface area (Å²) in [6.07, 6.45) is 5.20. The third kappa shape index (κ3) is 1.21. The molecule has 4 aliphatic rings. The summed E-state index contributed by atoms with van der Waals surface area (Å²) in [5.41, 5.74) is 4.80. The minimum Gasteiger partial charge on any atom is -0.390 e. The zero-order chi connectivity index (χ0) is 11.8. The van der Waals surface area contributed by atoms with E-state index in [4.69, 9.17) is 5.73 Å². The first-order valence-corrected chi connectivity index (χ1v) is 6.21. The summed E-state index contributed by atoms with van der Waals surface area (Å²) in [7, 11) is 0. The van der Waals surface area contributed by atoms with Crippen LogP contribution in [0.4, 0.5) is 0 Å². The Morgan fingerprint density at radius 3 is 1.88 bits per heavy atom. The Labute approximate surface area is 96.4 Å². The van der Waals surface area contributed by atoms with Crippen molar-refractivity contribution in [2.24, 2.45) is 22.0 Å². The topological polar surface area (TPSA) is 63.3 Å². The minimum atomic E-state index is -0.632. The molecule has 4 bridgehead atoms. The average molecular weight is 223 g/mol. The quantitative estimate of drug-likeness (QED) is 0.709. The predicted octanol–water partition coefficient (Wildman–Crippen LogP) is 1.58. The Balaban J connectivity index is 2.11. The van der Waals surface area contributed by atoms with Crippen molar-refractivity contribution in [3.05, 3.63) is 0 Å². The van der Waals surface area contributed by atoms with Crippen LogP contribution >= 0.6 is 0 Å². The summed E-state index contributed by atoms with van der Waals surface area (Å²) >= 11 is 0. The third-order valence-corrected chi connectivity index (χ3v) is 5.09. The van der Waals surface area contributed by atoms with Gasteiger partial charge in [0.25, 0.3) is 0 Å². The van der Waals surface area contributed by atoms with Crippen LogP contribution in [-0.4, -0.2) is 16.6 Å². The van der Waals surface area contributed by atoms with E-state index in [2.05, 4.69) is 13.8 Å². The summed E-state index contributed by atoms with van der Waals surface area (Å²) in [5, 5.41) is 10.6. The van der Waals surface area contributed by atoms with E-state index in [-0.39, 0.29) is 16.7 Å². The fraction of sp³-hybridized carbons (Fsp3) is 0.923. The van der Waals surface area contributed by atoms with Crippen LogP contribution in [0.1, 0.15) is 52.4 Å². The van der Waals surface area contributed by atoms with Crippen molar-refractivity contribution in [2.45, 2.75) is 58.0 Å². The van der Waals surface area contributed by atoms with Gasteiger partial charge in [-0.1, -0.05) is 13.8 Å². The van der Waals surface area contributed by atoms with E-state index in [0.717, 1.165) is 32.1 Å². The maximum Gasteiger partial charge on any atom is 0.223 e. The van der Waals surface area contributed by atoms with Crippen molar-refractivity contribution in [3.8, 4) is 0 Å². The number of amides is 1. The highest BCUT2D eigenvalue weighted by molar-refractivity contribution is 5.81. The molecule has 0 heterocycles. The van der Waals surface area contributed by atoms with E-state index in [1.165, 1.54) is 0 Å². The molecule has 4 fully saturated rings. The van der Waals surface area contributed by atoms with Crippen molar-refractivity contribution in [1.82, 2.24) is 0 Å². The minimum absolute atomic E-state index is 0.118. The molecule has 90 valence electrons. The van der Waals surface area contributed by atoms with Crippen LogP contribution in [0.2, 0.25) is 0 Å². The van der Waals surface area contributed by atoms with Crippen molar-refractivity contribution in [3.63, 3.8) is 0 Å². The Morgan fingerprint density at radius 2 is 1.50 bits per heavy atom. The van der Waals surface area contributed by atoms with Gasteiger partial charge in [0.2, 0.25) is 5.91 Å². The zero-order valence-corrected chi connectivity index (χ0v) is 10.2. The molecular weight excluding hydrogens is 202 g/mol. The molecule has 3 nitrogen and oxygen atoms in total. The first-order chi connectivity index (χ1) is 7.19. The van der Waals surface area contributed by atoms with E-state index in [0.29, 0.717) is 6.42 Å². The lowest BCUT2D eigenvalue weighted by molar-refractivity contribution is -0.222. The molecule has 0 aromatic heterocycles. The number of carbonyl (C=O) groups excluding carboxylic acids is 1. The van der Waals surface area contributed by atoms with Gasteiger partial charge in [0.1, 0.15) is 0 Å². The lowest BCUT2D eigenvalue weighted by Crippen LogP contribution is -2.65. The largest absolute Gasteiger partial charge is 0.390 e. The van der Waals surface area contributed by atoms with E-state index >= 15 is 0 Å². The summed E-state index contributed by atoms with van der Waals surface area (Å²) in [4.78, 5) is 11.8. The van der Waals surface area contributed by atoms with E-state index in [9.17, 15) is 9.90 Å². The van der Waals surface area contributed by atoms with Gasteiger partial charge in [-0.2, -0.15) is 0 Å². The fourth-order valence-corrected chi connectivity index (χ4v) is 5.89. The molecule has 1 amide bonds. The number of carbonyl (C=O) groups is 1. The molecule has 0 spiro atoms. The highest BCUT2D eigenvalue weighted by Crippen LogP contribution is 2.70. The maximum absolute atomic E-state index is 11.8. The number of hydrogen-bond donors (Lipinski definition) is 2. The van der Waals surface area contributed by atoms with Gasteiger partial charge >= 0.3 is 0 Å². The summed E-state index contributed by atoms with van der Waals surface area (Å²) in [5.74, 6) is -0.192. The zero-order valence-electron chi connectivity index (χ0n) is 10.2. The molecule has 0 aromatic rings. The monoisotopic (exact) mass is 223 g/mol. The summed E-state index contributed by atoms with van der Waals surface area (Å²) < 4.78 is 0. The lowest BCUT2D eigenvalue weighted by Gasteiger charge is -2.67. The molecule has 3 N–H and O–H groups in total. The van der Waals surface area contributed by atoms with Crippen LogP contribution in [-0.2, 0) is 4.79 Å². The smallest absolute Gasteiger partial charge is 0.223 e. The van der Waals surface area contributed by atoms with Crippen molar-refractivity contribution in [2.75, 3.05) is 0 Å². The number of aliphatic hydroxyl groups is 1. The average Bonchev–Trinajstić information content (AvgIpc) is 1.92. The van der Waals surface area contributed by atoms with E-state index in [1.807, 2.05) is 0 Å². The van der Waals surface area contributed by atoms with Gasteiger partial charge in [-0.05, 0) is 49.4 Å². The van der Waals surface area contributed by atoms with Crippen LogP contribution in [0.5, 0.6) is 0 Å². The highest BCUT2D eigenvalue weighted by atomic mass is 16.3. The van der Waals surface area contributed by atoms with Gasteiger partial charge in [0.05, 0.1) is 11.0 Å². The third-order valence-electron chi connectivity index (χ3n) is 5.09. The Bertz CT molecular complexity index is 323. The molecule has 2 atom stereocenters. The molecule has 16 heavy (non-hydrogen) atoms. The van der Waals surface area contributed by atoms with Crippen LogP contribution in [0.3, 0.4) is 0 Å². The molecule has 4 saturated carbocycles. The van der Waals surface area contributed by atoms with Crippen LogP contribution in [0.15, 0.2) is 0 Å². The first kappa shape index (κ1) is 10.6. The highest BCUT2D eigenvalue weighted by Gasteiger charge is 2.67. The van der Waals surface area contributed by atoms with Gasteiger partial charge in [0, 0.05) is 0 Å². The number of nitrogens with two attached hydrogens (primary N) is 1. The number of primary amides is 1. The number of rotatable bonds is 1. The molecule has 4 rings (SSSR count). The second kappa shape index (κ2) is 2.47. The van der Waals surface area contributed by atoms with Gasteiger partial charge in [-0.3, -0.25) is 4.79 Å². The molecule has 4 aliphatic carbocycles. The lowest BCUT2D eigenvalue weighted by atomic mass is 9.39. The summed E-state index contributed by atoms with van der Waals surface area (Å²) in [6.45, 7) is 4.43. The molecule has 0 aromatic carbocycles. The Kier molecular flexibility index (Phi) is 1.64. The van der Waals surface area contributed by atoms with Gasteiger partial charge in [-0.15, -0.1) is 0 Å². The van der Waals surface area contributed by atoms with Crippen molar-refractivity contribution < 1.29 is 9.90 Å². The second-order valence-electron chi connectivity index (χ2n) is 7.55.